The van der Waals surface area contributed by atoms with Crippen LogP contribution in [0.3, 0.4) is 0 Å². The molecule has 14 atom stereocenters. The molecule has 0 aliphatic carbocycles. The molecule has 0 radical (unpaired) electrons. The van der Waals surface area contributed by atoms with Gasteiger partial charge in [0, 0.05) is 24.2 Å². The summed E-state index contributed by atoms with van der Waals surface area (Å²) in [5, 5.41) is 68.9. The minimum atomic E-state index is -1.13. The van der Waals surface area contributed by atoms with E-state index >= 15 is 0 Å². The van der Waals surface area contributed by atoms with Crippen LogP contribution in [-0.2, 0) is 23.8 Å². The van der Waals surface area contributed by atoms with Gasteiger partial charge in [0.15, 0.2) is 30.0 Å². The second-order valence-corrected chi connectivity index (χ2v) is 18.9. The second-order valence-electron chi connectivity index (χ2n) is 18.9. The third-order valence-corrected chi connectivity index (χ3v) is 13.3. The highest BCUT2D eigenvalue weighted by atomic mass is 16.6. The fraction of sp³-hybridized carbons (Fsp3) is 0.469. The molecule has 3 saturated heterocycles. The first kappa shape index (κ1) is 57.5. The normalized spacial score (nSPS) is 27.6. The summed E-state index contributed by atoms with van der Waals surface area (Å²) >= 11 is 0. The highest BCUT2D eigenvalue weighted by Crippen LogP contribution is 2.34. The number of nitrogens with two attached hydrogens (primary N) is 5. The average Bonchev–Trinajstić information content (AvgIpc) is 4.26. The van der Waals surface area contributed by atoms with E-state index in [0.717, 1.165) is 6.42 Å². The van der Waals surface area contributed by atoms with Crippen molar-refractivity contribution in [1.29, 1.82) is 0 Å². The number of hydrogen-bond donors (Lipinski definition) is 14. The van der Waals surface area contributed by atoms with E-state index in [1.165, 1.54) is 34.5 Å². The number of imidazole rings is 2. The largest absolute Gasteiger partial charge is 0.397 e. The van der Waals surface area contributed by atoms with E-state index in [4.69, 9.17) is 42.9 Å². The molecule has 28 heteroatoms. The molecule has 0 bridgehead atoms. The summed E-state index contributed by atoms with van der Waals surface area (Å²) in [4.78, 5) is 59.2. The molecule has 3 amide bonds. The van der Waals surface area contributed by atoms with Gasteiger partial charge in [-0.2, -0.15) is 0 Å². The Morgan fingerprint density at radius 2 is 1.16 bits per heavy atom. The molecule has 5 aromatic rings. The molecule has 4 aromatic heterocycles. The number of aliphatic imine (C=N–C) groups is 1. The summed E-state index contributed by atoms with van der Waals surface area (Å²) in [5.41, 5.74) is 32.2. The topological polar surface area (TPSA) is 443 Å². The van der Waals surface area contributed by atoms with Crippen molar-refractivity contribution in [1.82, 2.24) is 49.9 Å². The molecule has 5 unspecified atom stereocenters. The number of rotatable bonds is 15. The van der Waals surface area contributed by atoms with Gasteiger partial charge in [-0.1, -0.05) is 52.0 Å². The number of nitrogen functional groups attached to an aromatic ring is 2. The van der Waals surface area contributed by atoms with E-state index < -0.39 is 91.4 Å². The van der Waals surface area contributed by atoms with E-state index in [1.54, 1.807) is 59.3 Å². The van der Waals surface area contributed by atoms with Crippen molar-refractivity contribution < 1.29 is 59.2 Å². The molecule has 1 aromatic carbocycles. The summed E-state index contributed by atoms with van der Waals surface area (Å²) in [7, 11) is 0. The van der Waals surface area contributed by atoms with Gasteiger partial charge >= 0.3 is 0 Å². The van der Waals surface area contributed by atoms with E-state index in [2.05, 4.69) is 47.5 Å². The Hall–Kier alpha value is -7.22. The van der Waals surface area contributed by atoms with Gasteiger partial charge in [-0.3, -0.25) is 23.5 Å². The van der Waals surface area contributed by atoms with Crippen LogP contribution in [0.15, 0.2) is 97.2 Å². The van der Waals surface area contributed by atoms with Crippen LogP contribution < -0.4 is 44.6 Å². The van der Waals surface area contributed by atoms with Gasteiger partial charge in [0.2, 0.25) is 11.8 Å². The van der Waals surface area contributed by atoms with Crippen molar-refractivity contribution in [2.45, 2.75) is 119 Å². The molecule has 0 saturated carbocycles. The average molecular weight is 1070 g/mol. The van der Waals surface area contributed by atoms with Crippen LogP contribution in [0.25, 0.3) is 22.3 Å². The zero-order chi connectivity index (χ0) is 55.8. The van der Waals surface area contributed by atoms with Crippen molar-refractivity contribution >= 4 is 57.3 Å². The smallest absolute Gasteiger partial charge is 0.251 e. The van der Waals surface area contributed by atoms with E-state index in [0.29, 0.717) is 51.5 Å². The van der Waals surface area contributed by atoms with E-state index in [9.17, 15) is 45.0 Å². The van der Waals surface area contributed by atoms with E-state index in [1.807, 2.05) is 20.8 Å². The Balaban J connectivity index is 0.000000168. The first-order chi connectivity index (χ1) is 36.8. The van der Waals surface area contributed by atoms with Crippen LogP contribution in [0.2, 0.25) is 0 Å². The number of amidine groups is 1. The summed E-state index contributed by atoms with van der Waals surface area (Å²) in [5.74, 6) is -0.644. The zero-order valence-corrected chi connectivity index (χ0v) is 42.5. The van der Waals surface area contributed by atoms with Gasteiger partial charge in [0.1, 0.15) is 59.3 Å². The molecule has 4 aliphatic rings. The lowest BCUT2D eigenvalue weighted by Gasteiger charge is -2.30. The van der Waals surface area contributed by atoms with Crippen LogP contribution in [0, 0.1) is 5.92 Å². The first-order valence-corrected chi connectivity index (χ1v) is 24.8. The summed E-state index contributed by atoms with van der Waals surface area (Å²) in [6, 6.07) is 8.08. The number of benzene rings is 1. The lowest BCUT2D eigenvalue weighted by molar-refractivity contribution is -0.125. The molecule has 4 aliphatic heterocycles. The van der Waals surface area contributed by atoms with Crippen LogP contribution in [0.1, 0.15) is 56.4 Å². The Morgan fingerprint density at radius 1 is 0.688 bits per heavy atom. The molecule has 416 valence electrons. The summed E-state index contributed by atoms with van der Waals surface area (Å²) in [6.45, 7) is 8.23. The van der Waals surface area contributed by atoms with Crippen LogP contribution in [0.4, 0.5) is 11.4 Å². The second kappa shape index (κ2) is 25.3. The maximum atomic E-state index is 12.5. The minimum Gasteiger partial charge on any atom is -0.397 e. The number of anilines is 2. The van der Waals surface area contributed by atoms with Gasteiger partial charge < -0.3 is 94.4 Å². The third-order valence-electron chi connectivity index (χ3n) is 13.3. The summed E-state index contributed by atoms with van der Waals surface area (Å²) < 4.78 is 20.3. The third kappa shape index (κ3) is 12.5. The molecule has 19 N–H and O–H groups in total. The molecule has 3 fully saturated rings. The van der Waals surface area contributed by atoms with Gasteiger partial charge in [-0.05, 0) is 42.7 Å². The molecule has 0 spiro atoms. The quantitative estimate of drug-likeness (QED) is 0.0501. The lowest BCUT2D eigenvalue weighted by atomic mass is 10.0. The molecule has 9 rings (SSSR count). The molecular formula is C49H68N16O12. The number of aliphatic hydroxyl groups is 6. The Labute approximate surface area is 441 Å². The van der Waals surface area contributed by atoms with Crippen molar-refractivity contribution in [2.24, 2.45) is 28.1 Å². The number of amides is 3. The molecule has 77 heavy (non-hydrogen) atoms. The number of carbonyl (C=O) groups is 3. The number of nitrogens with one attached hydrogen (secondary N) is 3. The fourth-order valence-corrected chi connectivity index (χ4v) is 9.02. The lowest BCUT2D eigenvalue weighted by Crippen LogP contribution is -2.54. The van der Waals surface area contributed by atoms with Crippen LogP contribution >= 0.6 is 0 Å². The summed E-state index contributed by atoms with van der Waals surface area (Å²) in [6.07, 6.45) is 2.12. The van der Waals surface area contributed by atoms with Crippen LogP contribution in [0.5, 0.6) is 0 Å². The van der Waals surface area contributed by atoms with Gasteiger partial charge in [-0.15, -0.1) is 0 Å². The number of aliphatic hydroxyl groups excluding tert-OH is 6. The standard InChI is InChI=1S/C18H19N5O4.C16H24N6O4.C15H25N5O4/c19-11-6-7-20-16-13(11)21-9-23(16)18-15(25)14(12(8-24)27-18)22-17(26)10-4-2-1-3-5-10;1-7(2)10(18)15(25)21-12-9(5-23)26-16(13(12)24)22-6-20-11-8(17)3-4-19-14(11)22;1-3-4-9(16)14(23)19-12-10(7-21)24-15(13(12)22)20-6-5-11(17)18-8(20)2/h1-7,9,12,14-15,18,24-25H,8H2,(H2,19,20)(H,22,26);3-4,6-7,9-10,12-13,16,23-24H,5,18H2,1-2H3,(H2,17,19)(H,21,25);5-6,9-10,12-13,15,21-22H,2-4,7,16H2,1H3,(H2,17,18)(H,19,23)/t12-,14+,15?,18-;9-,10?,12+,13?,16-;9?,10-,12+,13?,15-/m111/s1. The monoisotopic (exact) mass is 1070 g/mol. The highest BCUT2D eigenvalue weighted by Gasteiger charge is 2.49. The Bertz CT molecular complexity index is 2910. The van der Waals surface area contributed by atoms with Crippen molar-refractivity contribution in [3.05, 3.63) is 97.8 Å². The number of ether oxygens (including phenoxy) is 3. The van der Waals surface area contributed by atoms with Gasteiger partial charge in [0.05, 0.1) is 74.1 Å². The highest BCUT2D eigenvalue weighted by molar-refractivity contribution is 5.94. The molecule has 8 heterocycles. The molecule has 28 nitrogen and oxygen atoms in total. The minimum absolute atomic E-state index is 0.0670. The van der Waals surface area contributed by atoms with Crippen molar-refractivity contribution in [3.8, 4) is 0 Å². The Morgan fingerprint density at radius 3 is 1.62 bits per heavy atom. The number of aromatic nitrogens is 6. The maximum Gasteiger partial charge on any atom is 0.251 e. The zero-order valence-electron chi connectivity index (χ0n) is 42.5. The number of pyridine rings is 2. The van der Waals surface area contributed by atoms with Crippen LogP contribution in [-0.4, -0.2) is 181 Å². The number of carbonyl (C=O) groups excluding carboxylic acids is 3. The SMILES string of the molecule is C=C1N=C(N)C=CN1[C@@H]1O[C@H](CO)[C@H](NC(=O)C(N)CCC)C1O.CC(C)C(N)C(=O)N[C@@H]1C(O)[C@H](n2cnc3c(N)ccnc32)O[C@@H]1CO.Nc1ccnc2c1ncn2[C@@H]1O[C@H](CO)[C@H](NC(=O)c2ccccc2)C1O. The predicted molar refractivity (Wildman–Crippen MR) is 279 cm³/mol. The Kier molecular flexibility index (Phi) is 18.9. The number of hydrogen-bond acceptors (Lipinski definition) is 23. The van der Waals surface area contributed by atoms with Gasteiger partial charge in [-0.25, -0.2) is 24.9 Å². The van der Waals surface area contributed by atoms with Gasteiger partial charge in [0.25, 0.3) is 5.91 Å². The maximum absolute atomic E-state index is 12.5. The van der Waals surface area contributed by atoms with Crippen molar-refractivity contribution in [3.63, 3.8) is 0 Å². The van der Waals surface area contributed by atoms with Crippen molar-refractivity contribution in [2.75, 3.05) is 31.3 Å². The predicted octanol–water partition coefficient (Wildman–Crippen LogP) is -2.87. The molecular weight excluding hydrogens is 1000 g/mol. The van der Waals surface area contributed by atoms with E-state index in [-0.39, 0.29) is 43.4 Å². The fourth-order valence-electron chi connectivity index (χ4n) is 9.02. The number of fused-ring (bicyclic) bond motifs is 2. The first-order valence-electron chi connectivity index (χ1n) is 24.8. The number of nitrogens with zero attached hydrogens (tertiary/aromatic N) is 8.